The first-order valence-corrected chi connectivity index (χ1v) is 5.41. The lowest BCUT2D eigenvalue weighted by atomic mass is 10.3. The summed E-state index contributed by atoms with van der Waals surface area (Å²) in [5.41, 5.74) is 0. The molecule has 1 aromatic rings. The molecule has 0 saturated heterocycles. The molecule has 0 N–H and O–H groups in total. The number of hydrogen-bond donors (Lipinski definition) is 0. The van der Waals surface area contributed by atoms with Gasteiger partial charge in [0.1, 0.15) is 0 Å². The van der Waals surface area contributed by atoms with Gasteiger partial charge in [-0.3, -0.25) is 0 Å². The average Bonchev–Trinajstić information content (AvgIpc) is 2.40. The van der Waals surface area contributed by atoms with Gasteiger partial charge in [0.2, 0.25) is 0 Å². The number of thioether (sulfide) groups is 1. The molecule has 0 aromatic carbocycles. The lowest BCUT2D eigenvalue weighted by Gasteiger charge is -2.03. The molecule has 0 fully saturated rings. The van der Waals surface area contributed by atoms with Crippen LogP contribution in [0.3, 0.4) is 0 Å². The van der Waals surface area contributed by atoms with Gasteiger partial charge in [-0.25, -0.2) is 0 Å². The first-order chi connectivity index (χ1) is 4.83. The Morgan fingerprint density at radius 2 is 2.50 bits per heavy atom. The molecule has 0 aliphatic carbocycles. The van der Waals surface area contributed by atoms with Crippen molar-refractivity contribution in [2.45, 2.75) is 12.2 Å². The summed E-state index contributed by atoms with van der Waals surface area (Å²) in [6.45, 7) is 2.21. The van der Waals surface area contributed by atoms with Gasteiger partial charge in [0.05, 0.1) is 0 Å². The normalized spacial score (nSPS) is 13.4. The van der Waals surface area contributed by atoms with E-state index in [1.54, 1.807) is 11.3 Å². The van der Waals surface area contributed by atoms with Crippen molar-refractivity contribution in [3.05, 3.63) is 28.8 Å². The highest BCUT2D eigenvalue weighted by atomic mass is 32.2. The predicted octanol–water partition coefficient (Wildman–Crippen LogP) is 3.05. The SMILES string of the molecule is CSC(C)[CH]c1cccs1. The van der Waals surface area contributed by atoms with E-state index in [-0.39, 0.29) is 0 Å². The molecule has 0 spiro atoms. The van der Waals surface area contributed by atoms with Crippen LogP contribution in [-0.2, 0) is 0 Å². The van der Waals surface area contributed by atoms with Gasteiger partial charge in [0, 0.05) is 16.5 Å². The van der Waals surface area contributed by atoms with Gasteiger partial charge in [-0.05, 0) is 17.7 Å². The van der Waals surface area contributed by atoms with Crippen LogP contribution in [0.1, 0.15) is 11.8 Å². The smallest absolute Gasteiger partial charge is 0.0136 e. The maximum Gasteiger partial charge on any atom is 0.0136 e. The van der Waals surface area contributed by atoms with Crippen LogP contribution in [0.15, 0.2) is 17.5 Å². The molecular formula is C8H11S2. The van der Waals surface area contributed by atoms with Gasteiger partial charge in [0.15, 0.2) is 0 Å². The van der Waals surface area contributed by atoms with Crippen LogP contribution < -0.4 is 0 Å². The molecule has 0 aliphatic heterocycles. The zero-order valence-electron chi connectivity index (χ0n) is 6.20. The van der Waals surface area contributed by atoms with Crippen molar-refractivity contribution in [2.75, 3.05) is 6.26 Å². The Labute approximate surface area is 70.7 Å². The summed E-state index contributed by atoms with van der Waals surface area (Å²) >= 11 is 3.67. The minimum atomic E-state index is 0.638. The van der Waals surface area contributed by atoms with Gasteiger partial charge >= 0.3 is 0 Å². The molecule has 0 saturated carbocycles. The van der Waals surface area contributed by atoms with Crippen molar-refractivity contribution in [3.8, 4) is 0 Å². The summed E-state index contributed by atoms with van der Waals surface area (Å²) in [6.07, 6.45) is 4.42. The second-order valence-corrected chi connectivity index (χ2v) is 4.32. The van der Waals surface area contributed by atoms with Crippen molar-refractivity contribution in [1.82, 2.24) is 0 Å². The Balaban J connectivity index is 2.40. The molecule has 0 nitrogen and oxygen atoms in total. The second kappa shape index (κ2) is 4.04. The Hall–Kier alpha value is 0.0500. The summed E-state index contributed by atoms with van der Waals surface area (Å²) < 4.78 is 0. The number of thiophene rings is 1. The molecule has 1 rings (SSSR count). The van der Waals surface area contributed by atoms with Crippen LogP contribution in [0.2, 0.25) is 0 Å². The second-order valence-electron chi connectivity index (χ2n) is 2.12. The Morgan fingerprint density at radius 1 is 1.70 bits per heavy atom. The summed E-state index contributed by atoms with van der Waals surface area (Å²) in [4.78, 5) is 1.38. The molecule has 2 heteroatoms. The highest BCUT2D eigenvalue weighted by molar-refractivity contribution is 7.99. The summed E-state index contributed by atoms with van der Waals surface area (Å²) in [5.74, 6) is 0. The van der Waals surface area contributed by atoms with E-state index in [0.717, 1.165) is 0 Å². The third kappa shape index (κ3) is 2.35. The first-order valence-electron chi connectivity index (χ1n) is 3.24. The van der Waals surface area contributed by atoms with Crippen LogP contribution >= 0.6 is 23.1 Å². The Bertz CT molecular complexity index is 167. The van der Waals surface area contributed by atoms with Crippen molar-refractivity contribution in [1.29, 1.82) is 0 Å². The molecular weight excluding hydrogens is 160 g/mol. The average molecular weight is 171 g/mol. The van der Waals surface area contributed by atoms with E-state index in [0.29, 0.717) is 5.25 Å². The van der Waals surface area contributed by atoms with Crippen LogP contribution in [0.25, 0.3) is 0 Å². The van der Waals surface area contributed by atoms with Crippen molar-refractivity contribution in [3.63, 3.8) is 0 Å². The highest BCUT2D eigenvalue weighted by Gasteiger charge is 2.01. The molecule has 1 aromatic heterocycles. The van der Waals surface area contributed by atoms with Crippen molar-refractivity contribution < 1.29 is 0 Å². The molecule has 55 valence electrons. The van der Waals surface area contributed by atoms with E-state index in [9.17, 15) is 0 Å². The van der Waals surface area contributed by atoms with Crippen LogP contribution in [0, 0.1) is 6.42 Å². The van der Waals surface area contributed by atoms with Gasteiger partial charge in [-0.15, -0.1) is 11.3 Å². The monoisotopic (exact) mass is 171 g/mol. The summed E-state index contributed by atoms with van der Waals surface area (Å²) in [5, 5.41) is 2.75. The van der Waals surface area contributed by atoms with E-state index in [4.69, 9.17) is 0 Å². The molecule has 0 aliphatic rings. The lowest BCUT2D eigenvalue weighted by Crippen LogP contribution is -1.94. The number of hydrogen-bond acceptors (Lipinski definition) is 2. The summed E-state index contributed by atoms with van der Waals surface area (Å²) in [6, 6.07) is 4.24. The fourth-order valence-corrected chi connectivity index (χ4v) is 1.81. The molecule has 1 unspecified atom stereocenters. The van der Waals surface area contributed by atoms with E-state index >= 15 is 0 Å². The third-order valence-electron chi connectivity index (χ3n) is 1.31. The molecule has 1 atom stereocenters. The maximum atomic E-state index is 2.29. The largest absolute Gasteiger partial charge is 0.162 e. The number of rotatable bonds is 3. The van der Waals surface area contributed by atoms with Gasteiger partial charge in [-0.2, -0.15) is 11.8 Å². The fourth-order valence-electron chi connectivity index (χ4n) is 0.685. The topological polar surface area (TPSA) is 0 Å². The zero-order chi connectivity index (χ0) is 7.40. The van der Waals surface area contributed by atoms with E-state index in [1.165, 1.54) is 4.88 Å². The van der Waals surface area contributed by atoms with Gasteiger partial charge in [0.25, 0.3) is 0 Å². The molecule has 10 heavy (non-hydrogen) atoms. The van der Waals surface area contributed by atoms with E-state index in [2.05, 4.69) is 37.1 Å². The molecule has 0 bridgehead atoms. The van der Waals surface area contributed by atoms with E-state index < -0.39 is 0 Å². The lowest BCUT2D eigenvalue weighted by molar-refractivity contribution is 1.16. The van der Waals surface area contributed by atoms with Gasteiger partial charge in [-0.1, -0.05) is 13.0 Å². The van der Waals surface area contributed by atoms with E-state index in [1.807, 2.05) is 11.8 Å². The minimum Gasteiger partial charge on any atom is -0.162 e. The van der Waals surface area contributed by atoms with Crippen LogP contribution in [0.5, 0.6) is 0 Å². The highest BCUT2D eigenvalue weighted by Crippen LogP contribution is 2.18. The standard InChI is InChI=1S/C8H11S2/c1-7(9-2)6-8-4-3-5-10-8/h3-7H,1-2H3. The zero-order valence-corrected chi connectivity index (χ0v) is 7.84. The Kier molecular flexibility index (Phi) is 3.29. The Morgan fingerprint density at radius 3 is 3.00 bits per heavy atom. The quantitative estimate of drug-likeness (QED) is 0.673. The maximum absolute atomic E-state index is 2.29. The predicted molar refractivity (Wildman–Crippen MR) is 50.7 cm³/mol. The minimum absolute atomic E-state index is 0.638. The summed E-state index contributed by atoms with van der Waals surface area (Å²) in [7, 11) is 0. The fraction of sp³-hybridized carbons (Fsp3) is 0.375. The van der Waals surface area contributed by atoms with Crippen LogP contribution in [0.4, 0.5) is 0 Å². The van der Waals surface area contributed by atoms with Crippen molar-refractivity contribution >= 4 is 23.1 Å². The molecule has 0 amide bonds. The molecule has 1 heterocycles. The first kappa shape index (κ1) is 8.15. The molecule has 1 radical (unpaired) electrons. The van der Waals surface area contributed by atoms with Gasteiger partial charge < -0.3 is 0 Å². The van der Waals surface area contributed by atoms with Crippen molar-refractivity contribution in [2.24, 2.45) is 0 Å². The third-order valence-corrected chi connectivity index (χ3v) is 3.03. The van der Waals surface area contributed by atoms with Crippen LogP contribution in [-0.4, -0.2) is 11.5 Å².